The van der Waals surface area contributed by atoms with Gasteiger partial charge in [0.25, 0.3) is 0 Å². The van der Waals surface area contributed by atoms with Crippen LogP contribution in [-0.4, -0.2) is 13.1 Å². The highest BCUT2D eigenvalue weighted by Gasteiger charge is 2.37. The molecule has 0 radical (unpaired) electrons. The third-order valence-corrected chi connectivity index (χ3v) is 3.43. The highest BCUT2D eigenvalue weighted by molar-refractivity contribution is 4.91. The summed E-state index contributed by atoms with van der Waals surface area (Å²) in [5, 5.41) is 3.47. The van der Waals surface area contributed by atoms with Gasteiger partial charge < -0.3 is 5.32 Å². The molecule has 1 fully saturated rings. The fourth-order valence-electron chi connectivity index (χ4n) is 2.28. The van der Waals surface area contributed by atoms with Gasteiger partial charge in [-0.05, 0) is 31.7 Å². The zero-order valence-corrected chi connectivity index (χ0v) is 9.47. The van der Waals surface area contributed by atoms with E-state index in [4.69, 9.17) is 0 Å². The summed E-state index contributed by atoms with van der Waals surface area (Å²) in [4.78, 5) is 0. The van der Waals surface area contributed by atoms with Gasteiger partial charge in [0.15, 0.2) is 0 Å². The molecule has 0 spiro atoms. The Hall–Kier alpha value is -0.0400. The zero-order valence-electron chi connectivity index (χ0n) is 9.47. The topological polar surface area (TPSA) is 12.0 Å². The van der Waals surface area contributed by atoms with Crippen LogP contribution in [0.25, 0.3) is 0 Å². The molecule has 13 heavy (non-hydrogen) atoms. The molecule has 0 aliphatic heterocycles. The summed E-state index contributed by atoms with van der Waals surface area (Å²) in [6, 6.07) is 0.812. The molecule has 1 nitrogen and oxygen atoms in total. The molecule has 1 aliphatic carbocycles. The third kappa shape index (κ3) is 3.68. The Labute approximate surface area is 83.3 Å². The minimum absolute atomic E-state index is 0.812. The average Bonchev–Trinajstić information content (AvgIpc) is 2.83. The van der Waals surface area contributed by atoms with Crippen molar-refractivity contribution in [3.8, 4) is 0 Å². The molecule has 1 rings (SSSR count). The number of hydrogen-bond donors (Lipinski definition) is 1. The molecule has 0 bridgehead atoms. The van der Waals surface area contributed by atoms with Gasteiger partial charge in [0.2, 0.25) is 0 Å². The first-order chi connectivity index (χ1) is 6.29. The number of nitrogens with one attached hydrogen (secondary N) is 1. The molecule has 0 amide bonds. The molecule has 3 atom stereocenters. The summed E-state index contributed by atoms with van der Waals surface area (Å²) < 4.78 is 0. The smallest absolute Gasteiger partial charge is 0.00949 e. The van der Waals surface area contributed by atoms with Gasteiger partial charge in [-0.2, -0.15) is 0 Å². The standard InChI is InChI=1S/C12H25N/c1-4-5-6-7-8-12(13-3)11-9-10(11)2/h10-13H,4-9H2,1-3H3. The summed E-state index contributed by atoms with van der Waals surface area (Å²) in [5.41, 5.74) is 0. The van der Waals surface area contributed by atoms with Crippen LogP contribution in [0, 0.1) is 11.8 Å². The van der Waals surface area contributed by atoms with Gasteiger partial charge in [0, 0.05) is 6.04 Å². The Morgan fingerprint density at radius 2 is 2.00 bits per heavy atom. The first-order valence-corrected chi connectivity index (χ1v) is 5.96. The van der Waals surface area contributed by atoms with E-state index < -0.39 is 0 Å². The van der Waals surface area contributed by atoms with E-state index in [-0.39, 0.29) is 0 Å². The largest absolute Gasteiger partial charge is 0.317 e. The summed E-state index contributed by atoms with van der Waals surface area (Å²) >= 11 is 0. The van der Waals surface area contributed by atoms with Crippen molar-refractivity contribution in [1.82, 2.24) is 5.32 Å². The Bertz CT molecular complexity index is 133. The normalized spacial score (nSPS) is 28.8. The van der Waals surface area contributed by atoms with Crippen LogP contribution < -0.4 is 5.32 Å². The van der Waals surface area contributed by atoms with E-state index in [1.807, 2.05) is 0 Å². The van der Waals surface area contributed by atoms with E-state index in [0.717, 1.165) is 17.9 Å². The first kappa shape index (κ1) is 11.0. The lowest BCUT2D eigenvalue weighted by molar-refractivity contribution is 0.430. The van der Waals surface area contributed by atoms with Crippen molar-refractivity contribution >= 4 is 0 Å². The van der Waals surface area contributed by atoms with Gasteiger partial charge in [-0.15, -0.1) is 0 Å². The van der Waals surface area contributed by atoms with Gasteiger partial charge >= 0.3 is 0 Å². The Morgan fingerprint density at radius 1 is 1.31 bits per heavy atom. The first-order valence-electron chi connectivity index (χ1n) is 5.96. The van der Waals surface area contributed by atoms with Crippen LogP contribution >= 0.6 is 0 Å². The fourth-order valence-corrected chi connectivity index (χ4v) is 2.28. The van der Waals surface area contributed by atoms with Crippen molar-refractivity contribution in [2.24, 2.45) is 11.8 Å². The average molecular weight is 183 g/mol. The summed E-state index contributed by atoms with van der Waals surface area (Å²) in [5.74, 6) is 1.98. The lowest BCUT2D eigenvalue weighted by Gasteiger charge is -2.15. The molecule has 1 saturated carbocycles. The molecule has 0 aromatic heterocycles. The van der Waals surface area contributed by atoms with Crippen molar-refractivity contribution in [1.29, 1.82) is 0 Å². The molecule has 0 saturated heterocycles. The van der Waals surface area contributed by atoms with Gasteiger partial charge in [-0.25, -0.2) is 0 Å². The van der Waals surface area contributed by atoms with E-state index in [2.05, 4.69) is 26.2 Å². The summed E-state index contributed by atoms with van der Waals surface area (Å²) in [6.07, 6.45) is 8.46. The molecular formula is C12H25N. The SMILES string of the molecule is CCCCCCC(NC)C1CC1C. The van der Waals surface area contributed by atoms with Crippen LogP contribution in [0.3, 0.4) is 0 Å². The molecule has 1 heteroatoms. The highest BCUT2D eigenvalue weighted by atomic mass is 14.9. The van der Waals surface area contributed by atoms with Crippen molar-refractivity contribution in [3.63, 3.8) is 0 Å². The predicted octanol–water partition coefficient (Wildman–Crippen LogP) is 3.20. The maximum atomic E-state index is 3.47. The van der Waals surface area contributed by atoms with Crippen LogP contribution in [0.2, 0.25) is 0 Å². The molecular weight excluding hydrogens is 158 g/mol. The van der Waals surface area contributed by atoms with Crippen molar-refractivity contribution < 1.29 is 0 Å². The molecule has 3 unspecified atom stereocenters. The second-order valence-corrected chi connectivity index (χ2v) is 4.62. The van der Waals surface area contributed by atoms with Crippen LogP contribution in [0.15, 0.2) is 0 Å². The van der Waals surface area contributed by atoms with Crippen LogP contribution in [0.4, 0.5) is 0 Å². The Balaban J connectivity index is 2.03. The minimum atomic E-state index is 0.812. The van der Waals surface area contributed by atoms with E-state index in [9.17, 15) is 0 Å². The second kappa shape index (κ2) is 5.64. The van der Waals surface area contributed by atoms with E-state index in [1.165, 1.54) is 38.5 Å². The van der Waals surface area contributed by atoms with E-state index >= 15 is 0 Å². The van der Waals surface area contributed by atoms with Gasteiger partial charge in [0.05, 0.1) is 0 Å². The van der Waals surface area contributed by atoms with E-state index in [1.54, 1.807) is 0 Å². The Kier molecular flexibility index (Phi) is 4.79. The molecule has 0 aromatic rings. The van der Waals surface area contributed by atoms with Gasteiger partial charge in [0.1, 0.15) is 0 Å². The Morgan fingerprint density at radius 3 is 2.46 bits per heavy atom. The van der Waals surface area contributed by atoms with Crippen LogP contribution in [0.1, 0.15) is 52.4 Å². The maximum absolute atomic E-state index is 3.47. The number of rotatable bonds is 7. The summed E-state index contributed by atoms with van der Waals surface area (Å²) in [6.45, 7) is 4.65. The number of unbranched alkanes of at least 4 members (excludes halogenated alkanes) is 3. The highest BCUT2D eigenvalue weighted by Crippen LogP contribution is 2.41. The third-order valence-electron chi connectivity index (χ3n) is 3.43. The maximum Gasteiger partial charge on any atom is 0.00949 e. The molecule has 78 valence electrons. The quantitative estimate of drug-likeness (QED) is 0.598. The monoisotopic (exact) mass is 183 g/mol. The van der Waals surface area contributed by atoms with Gasteiger partial charge in [-0.1, -0.05) is 39.5 Å². The lowest BCUT2D eigenvalue weighted by atomic mass is 10.0. The van der Waals surface area contributed by atoms with Crippen molar-refractivity contribution in [2.75, 3.05) is 7.05 Å². The second-order valence-electron chi connectivity index (χ2n) is 4.62. The number of hydrogen-bond acceptors (Lipinski definition) is 1. The molecule has 0 aromatic carbocycles. The minimum Gasteiger partial charge on any atom is -0.317 e. The summed E-state index contributed by atoms with van der Waals surface area (Å²) in [7, 11) is 2.12. The van der Waals surface area contributed by atoms with E-state index in [0.29, 0.717) is 0 Å². The van der Waals surface area contributed by atoms with Crippen molar-refractivity contribution in [2.45, 2.75) is 58.4 Å². The molecule has 0 heterocycles. The zero-order chi connectivity index (χ0) is 9.68. The lowest BCUT2D eigenvalue weighted by Crippen LogP contribution is -2.27. The van der Waals surface area contributed by atoms with Crippen LogP contribution in [0.5, 0.6) is 0 Å². The molecule has 1 N–H and O–H groups in total. The fraction of sp³-hybridized carbons (Fsp3) is 1.00. The predicted molar refractivity (Wildman–Crippen MR) is 58.9 cm³/mol. The van der Waals surface area contributed by atoms with Crippen LogP contribution in [-0.2, 0) is 0 Å². The van der Waals surface area contributed by atoms with Gasteiger partial charge in [-0.3, -0.25) is 0 Å². The van der Waals surface area contributed by atoms with Crippen molar-refractivity contribution in [3.05, 3.63) is 0 Å². The molecule has 1 aliphatic rings.